The minimum atomic E-state index is -4.75. The first-order chi connectivity index (χ1) is 16.8. The van der Waals surface area contributed by atoms with Crippen molar-refractivity contribution in [2.45, 2.75) is 26.1 Å². The number of rotatable bonds is 7. The van der Waals surface area contributed by atoms with E-state index >= 15 is 0 Å². The summed E-state index contributed by atoms with van der Waals surface area (Å²) in [6.07, 6.45) is -1.49. The fourth-order valence-corrected chi connectivity index (χ4v) is 4.13. The van der Waals surface area contributed by atoms with Gasteiger partial charge in [-0.3, -0.25) is 9.10 Å². The second kappa shape index (κ2) is 9.26. The molecular formula is C22H22F3N7O3S. The Bertz CT molecular complexity index is 1450. The Morgan fingerprint density at radius 3 is 2.64 bits per heavy atom. The average molecular weight is 522 g/mol. The van der Waals surface area contributed by atoms with Crippen molar-refractivity contribution in [1.82, 2.24) is 15.0 Å². The summed E-state index contributed by atoms with van der Waals surface area (Å²) >= 11 is 0. The molecule has 0 fully saturated rings. The third kappa shape index (κ3) is 5.17. The van der Waals surface area contributed by atoms with Crippen LogP contribution in [0.1, 0.15) is 22.3 Å². The molecule has 3 aromatic rings. The van der Waals surface area contributed by atoms with Gasteiger partial charge in [-0.25, -0.2) is 18.4 Å². The van der Waals surface area contributed by atoms with Gasteiger partial charge in [0.2, 0.25) is 21.9 Å². The molecule has 10 nitrogen and oxygen atoms in total. The van der Waals surface area contributed by atoms with Gasteiger partial charge in [-0.2, -0.15) is 18.2 Å². The summed E-state index contributed by atoms with van der Waals surface area (Å²) in [7, 11) is -2.35. The van der Waals surface area contributed by atoms with Crippen LogP contribution < -0.4 is 20.3 Å². The number of aryl methyl sites for hydroxylation is 1. The summed E-state index contributed by atoms with van der Waals surface area (Å²) in [5.41, 5.74) is 1.60. The lowest BCUT2D eigenvalue weighted by Gasteiger charge is -2.21. The maximum absolute atomic E-state index is 13.7. The molecule has 0 radical (unpaired) electrons. The number of hydrogen-bond acceptors (Lipinski definition) is 8. The molecule has 0 unspecified atom stereocenters. The Hall–Kier alpha value is -3.94. The number of nitrogens with zero attached hydrogens (tertiary/aromatic N) is 4. The minimum Gasteiger partial charge on any atom is -0.365 e. The summed E-state index contributed by atoms with van der Waals surface area (Å²) in [5.74, 6) is -0.748. The van der Waals surface area contributed by atoms with Crippen molar-refractivity contribution in [1.29, 1.82) is 0 Å². The van der Waals surface area contributed by atoms with Crippen LogP contribution in [0.25, 0.3) is 0 Å². The molecule has 3 heterocycles. The molecule has 14 heteroatoms. The highest BCUT2D eigenvalue weighted by Gasteiger charge is 2.35. The molecule has 0 saturated heterocycles. The second-order valence-electron chi connectivity index (χ2n) is 8.16. The lowest BCUT2D eigenvalue weighted by molar-refractivity contribution is -0.137. The normalized spacial score (nSPS) is 13.2. The molecule has 3 N–H and O–H groups in total. The third-order valence-corrected chi connectivity index (χ3v) is 6.77. The highest BCUT2D eigenvalue weighted by atomic mass is 32.2. The van der Waals surface area contributed by atoms with Crippen LogP contribution in [0, 0.1) is 6.92 Å². The van der Waals surface area contributed by atoms with Gasteiger partial charge in [-0.15, -0.1) is 0 Å². The van der Waals surface area contributed by atoms with Crippen LogP contribution in [0.4, 0.5) is 42.1 Å². The quantitative estimate of drug-likeness (QED) is 0.431. The molecule has 190 valence electrons. The Morgan fingerprint density at radius 2 is 1.94 bits per heavy atom. The van der Waals surface area contributed by atoms with E-state index in [9.17, 15) is 26.4 Å². The molecule has 0 saturated carbocycles. The van der Waals surface area contributed by atoms with Gasteiger partial charge in [-0.05, 0) is 30.2 Å². The molecule has 0 atom stereocenters. The summed E-state index contributed by atoms with van der Waals surface area (Å²) in [6.45, 7) is 1.51. The predicted octanol–water partition coefficient (Wildman–Crippen LogP) is 3.44. The van der Waals surface area contributed by atoms with Gasteiger partial charge in [0.25, 0.3) is 0 Å². The minimum absolute atomic E-state index is 0.0848. The van der Waals surface area contributed by atoms with Crippen LogP contribution in [0.3, 0.4) is 0 Å². The number of alkyl halides is 3. The monoisotopic (exact) mass is 521 g/mol. The largest absolute Gasteiger partial charge is 0.421 e. The number of anilines is 5. The summed E-state index contributed by atoms with van der Waals surface area (Å²) in [5, 5.41) is 8.23. The zero-order chi connectivity index (χ0) is 26.3. The van der Waals surface area contributed by atoms with Crippen molar-refractivity contribution < 1.29 is 26.4 Å². The SMILES string of the molecule is Cc1ccnc(N(C)S(C)(=O)=O)c1CNc1nc(Nc2cccc3c2NC(=O)C3)ncc1C(F)(F)F. The number of carbonyl (C=O) groups is 1. The molecule has 0 spiro atoms. The van der Waals surface area contributed by atoms with E-state index in [1.54, 1.807) is 31.2 Å². The van der Waals surface area contributed by atoms with E-state index in [-0.39, 0.29) is 30.6 Å². The van der Waals surface area contributed by atoms with Crippen LogP contribution in [-0.2, 0) is 34.0 Å². The van der Waals surface area contributed by atoms with Gasteiger partial charge in [-0.1, -0.05) is 12.1 Å². The molecule has 1 amide bonds. The predicted molar refractivity (Wildman–Crippen MR) is 129 cm³/mol. The number of amides is 1. The summed E-state index contributed by atoms with van der Waals surface area (Å²) in [6, 6.07) is 6.74. The molecule has 1 aliphatic rings. The number of fused-ring (bicyclic) bond motifs is 1. The number of carbonyl (C=O) groups excluding carboxylic acids is 1. The fraction of sp³-hybridized carbons (Fsp3) is 0.273. The van der Waals surface area contributed by atoms with Gasteiger partial charge in [0.05, 0.1) is 24.1 Å². The molecule has 1 aliphatic heterocycles. The summed E-state index contributed by atoms with van der Waals surface area (Å²) in [4.78, 5) is 23.7. The lowest BCUT2D eigenvalue weighted by Crippen LogP contribution is -2.27. The van der Waals surface area contributed by atoms with Crippen molar-refractivity contribution in [3.05, 3.63) is 58.9 Å². The number of aromatic nitrogens is 3. The van der Waals surface area contributed by atoms with E-state index in [0.29, 0.717) is 28.7 Å². The molecule has 2 aromatic heterocycles. The van der Waals surface area contributed by atoms with E-state index in [1.165, 1.54) is 13.2 Å². The number of nitrogens with one attached hydrogen (secondary N) is 3. The second-order valence-corrected chi connectivity index (χ2v) is 10.2. The maximum Gasteiger partial charge on any atom is 0.421 e. The molecule has 36 heavy (non-hydrogen) atoms. The first kappa shape index (κ1) is 25.2. The number of hydrogen-bond donors (Lipinski definition) is 3. The molecule has 4 rings (SSSR count). The molecule has 1 aromatic carbocycles. The van der Waals surface area contributed by atoms with Crippen molar-refractivity contribution in [2.75, 3.05) is 33.6 Å². The average Bonchev–Trinajstić information content (AvgIpc) is 3.17. The lowest BCUT2D eigenvalue weighted by atomic mass is 10.1. The highest BCUT2D eigenvalue weighted by molar-refractivity contribution is 7.92. The van der Waals surface area contributed by atoms with Crippen molar-refractivity contribution in [3.63, 3.8) is 0 Å². The Kier molecular flexibility index (Phi) is 6.47. The molecule has 0 aliphatic carbocycles. The fourth-order valence-electron chi connectivity index (χ4n) is 3.65. The topological polar surface area (TPSA) is 129 Å². The van der Waals surface area contributed by atoms with Crippen molar-refractivity contribution in [2.24, 2.45) is 0 Å². The van der Waals surface area contributed by atoms with Crippen LogP contribution >= 0.6 is 0 Å². The Balaban J connectivity index is 1.67. The van der Waals surface area contributed by atoms with E-state index < -0.39 is 27.6 Å². The third-order valence-electron chi connectivity index (χ3n) is 5.60. The van der Waals surface area contributed by atoms with Crippen LogP contribution in [0.15, 0.2) is 36.7 Å². The molecular weight excluding hydrogens is 499 g/mol. The smallest absolute Gasteiger partial charge is 0.365 e. The van der Waals surface area contributed by atoms with Gasteiger partial charge >= 0.3 is 6.18 Å². The molecule has 0 bridgehead atoms. The zero-order valence-corrected chi connectivity index (χ0v) is 20.3. The van der Waals surface area contributed by atoms with Gasteiger partial charge in [0.1, 0.15) is 17.2 Å². The number of pyridine rings is 1. The summed E-state index contributed by atoms with van der Waals surface area (Å²) < 4.78 is 66.2. The maximum atomic E-state index is 13.7. The van der Waals surface area contributed by atoms with Gasteiger partial charge in [0, 0.05) is 31.5 Å². The Morgan fingerprint density at radius 1 is 1.19 bits per heavy atom. The van der Waals surface area contributed by atoms with Crippen LogP contribution in [0.2, 0.25) is 0 Å². The Labute approximate surface area is 205 Å². The van der Waals surface area contributed by atoms with Crippen molar-refractivity contribution >= 4 is 44.9 Å². The number of para-hydroxylation sites is 1. The standard InChI is InChI=1S/C22H22F3N7O3S/c1-12-7-8-26-20(32(2)36(3,34)35)14(12)10-27-19-15(22(23,24)25)11-28-21(31-19)29-16-6-4-5-13-9-17(33)30-18(13)16/h4-8,11H,9-10H2,1-3H3,(H,30,33)(H2,27,28,29,31). The van der Waals surface area contributed by atoms with E-state index in [4.69, 9.17) is 0 Å². The van der Waals surface area contributed by atoms with E-state index in [2.05, 4.69) is 30.9 Å². The van der Waals surface area contributed by atoms with E-state index in [0.717, 1.165) is 16.1 Å². The number of benzene rings is 1. The zero-order valence-electron chi connectivity index (χ0n) is 19.4. The first-order valence-corrected chi connectivity index (χ1v) is 12.4. The highest BCUT2D eigenvalue weighted by Crippen LogP contribution is 2.36. The number of sulfonamides is 1. The first-order valence-electron chi connectivity index (χ1n) is 10.6. The van der Waals surface area contributed by atoms with Crippen LogP contribution in [0.5, 0.6) is 0 Å². The van der Waals surface area contributed by atoms with Gasteiger partial charge < -0.3 is 16.0 Å². The number of halogens is 3. The van der Waals surface area contributed by atoms with Crippen molar-refractivity contribution in [3.8, 4) is 0 Å². The van der Waals surface area contributed by atoms with Crippen LogP contribution in [-0.4, -0.2) is 42.6 Å². The van der Waals surface area contributed by atoms with Gasteiger partial charge in [0.15, 0.2) is 0 Å². The van der Waals surface area contributed by atoms with E-state index in [1.807, 2.05) is 0 Å².